The molecule has 1 aliphatic rings. The van der Waals surface area contributed by atoms with E-state index in [4.69, 9.17) is 0 Å². The van der Waals surface area contributed by atoms with Gasteiger partial charge in [-0.25, -0.2) is 0 Å². The van der Waals surface area contributed by atoms with Crippen LogP contribution in [0.2, 0.25) is 0 Å². The van der Waals surface area contributed by atoms with E-state index in [1.54, 1.807) is 23.4 Å². The van der Waals surface area contributed by atoms with Gasteiger partial charge in [0.05, 0.1) is 6.07 Å². The Morgan fingerprint density at radius 1 is 1.21 bits per heavy atom. The average molecular weight is 249 g/mol. The highest BCUT2D eigenvalue weighted by atomic mass is 16.2. The summed E-state index contributed by atoms with van der Waals surface area (Å²) in [5.74, 6) is -0.0843. The second-order valence-corrected chi connectivity index (χ2v) is 4.41. The summed E-state index contributed by atoms with van der Waals surface area (Å²) in [6, 6.07) is 12.7. The summed E-state index contributed by atoms with van der Waals surface area (Å²) >= 11 is 0. The van der Waals surface area contributed by atoms with Gasteiger partial charge in [-0.2, -0.15) is 5.26 Å². The fourth-order valence-electron chi connectivity index (χ4n) is 2.36. The molecule has 0 spiro atoms. The fraction of sp³-hybridized carbons (Fsp3) is 0.133. The molecule has 1 aromatic carbocycles. The van der Waals surface area contributed by atoms with Crippen molar-refractivity contribution in [3.05, 3.63) is 65.5 Å². The fourth-order valence-corrected chi connectivity index (χ4v) is 2.36. The molecule has 0 fully saturated rings. The molecule has 2 aromatic rings. The van der Waals surface area contributed by atoms with E-state index in [9.17, 15) is 10.1 Å². The summed E-state index contributed by atoms with van der Waals surface area (Å²) in [5.41, 5.74) is 2.39. The second-order valence-electron chi connectivity index (χ2n) is 4.41. The Hall–Kier alpha value is -2.67. The lowest BCUT2D eigenvalue weighted by atomic mass is 10.1. The maximum absolute atomic E-state index is 12.3. The smallest absolute Gasteiger partial charge is 0.255 e. The zero-order valence-corrected chi connectivity index (χ0v) is 10.2. The molecule has 92 valence electrons. The molecule has 19 heavy (non-hydrogen) atoms. The van der Waals surface area contributed by atoms with Crippen molar-refractivity contribution in [1.29, 1.82) is 5.26 Å². The third-order valence-corrected chi connectivity index (χ3v) is 3.28. The van der Waals surface area contributed by atoms with Gasteiger partial charge in [-0.15, -0.1) is 0 Å². The van der Waals surface area contributed by atoms with Crippen LogP contribution in [-0.2, 0) is 6.54 Å². The molecule has 0 saturated carbocycles. The van der Waals surface area contributed by atoms with E-state index in [1.165, 1.54) is 0 Å². The van der Waals surface area contributed by atoms with Crippen LogP contribution in [0.15, 0.2) is 48.8 Å². The largest absolute Gasteiger partial charge is 0.314 e. The molecule has 3 rings (SSSR count). The van der Waals surface area contributed by atoms with Gasteiger partial charge in [-0.05, 0) is 23.8 Å². The second kappa shape index (κ2) is 4.54. The summed E-state index contributed by atoms with van der Waals surface area (Å²) in [6.45, 7) is 0.425. The van der Waals surface area contributed by atoms with Gasteiger partial charge in [-0.1, -0.05) is 18.2 Å². The number of amides is 1. The lowest BCUT2D eigenvalue weighted by molar-refractivity contribution is 0.0744. The van der Waals surface area contributed by atoms with Gasteiger partial charge < -0.3 is 4.90 Å². The number of pyridine rings is 1. The first-order valence-corrected chi connectivity index (χ1v) is 5.99. The molecule has 0 saturated heterocycles. The normalized spacial score (nSPS) is 17.1. The molecule has 1 aromatic heterocycles. The first-order valence-electron chi connectivity index (χ1n) is 5.99. The minimum Gasteiger partial charge on any atom is -0.314 e. The Labute approximate surface area is 110 Å². The van der Waals surface area contributed by atoms with E-state index in [1.807, 2.05) is 30.3 Å². The molecule has 1 unspecified atom stereocenters. The van der Waals surface area contributed by atoms with E-state index >= 15 is 0 Å². The molecule has 1 aliphatic heterocycles. The molecule has 1 atom stereocenters. The third-order valence-electron chi connectivity index (χ3n) is 3.28. The number of carbonyl (C=O) groups is 1. The number of hydrogen-bond donors (Lipinski definition) is 0. The summed E-state index contributed by atoms with van der Waals surface area (Å²) in [7, 11) is 0. The van der Waals surface area contributed by atoms with Crippen LogP contribution in [0.25, 0.3) is 0 Å². The minimum absolute atomic E-state index is 0.0843. The summed E-state index contributed by atoms with van der Waals surface area (Å²) in [6.07, 6.45) is 3.37. The molecule has 0 bridgehead atoms. The highest BCUT2D eigenvalue weighted by molar-refractivity contribution is 5.99. The lowest BCUT2D eigenvalue weighted by Crippen LogP contribution is -2.26. The SMILES string of the molecule is N#CC1c2ccccc2C(=O)N1Cc1ccncc1. The Bertz CT molecular complexity index is 661. The van der Waals surface area contributed by atoms with Crippen LogP contribution in [0.3, 0.4) is 0 Å². The number of rotatable bonds is 2. The Morgan fingerprint density at radius 3 is 2.68 bits per heavy atom. The van der Waals surface area contributed by atoms with Gasteiger partial charge >= 0.3 is 0 Å². The number of carbonyl (C=O) groups excluding carboxylic acids is 1. The van der Waals surface area contributed by atoms with Gasteiger partial charge in [-0.3, -0.25) is 9.78 Å². The van der Waals surface area contributed by atoms with Crippen LogP contribution in [0.4, 0.5) is 0 Å². The van der Waals surface area contributed by atoms with Crippen molar-refractivity contribution < 1.29 is 4.79 Å². The lowest BCUT2D eigenvalue weighted by Gasteiger charge is -2.19. The average Bonchev–Trinajstić information content (AvgIpc) is 2.73. The Morgan fingerprint density at radius 2 is 1.95 bits per heavy atom. The summed E-state index contributed by atoms with van der Waals surface area (Å²) in [5, 5.41) is 9.32. The van der Waals surface area contributed by atoms with Gasteiger partial charge in [0.2, 0.25) is 0 Å². The van der Waals surface area contributed by atoms with Crippen LogP contribution in [0.1, 0.15) is 27.5 Å². The maximum Gasteiger partial charge on any atom is 0.255 e. The summed E-state index contributed by atoms with van der Waals surface area (Å²) < 4.78 is 0. The number of hydrogen-bond acceptors (Lipinski definition) is 3. The highest BCUT2D eigenvalue weighted by Gasteiger charge is 2.36. The molecule has 0 aliphatic carbocycles. The number of benzene rings is 1. The molecule has 0 radical (unpaired) electrons. The number of nitrogens with zero attached hydrogens (tertiary/aromatic N) is 3. The quantitative estimate of drug-likeness (QED) is 0.820. The van der Waals surface area contributed by atoms with Crippen LogP contribution >= 0.6 is 0 Å². The third kappa shape index (κ3) is 1.85. The van der Waals surface area contributed by atoms with Gasteiger partial charge in [0.1, 0.15) is 6.04 Å². The first-order chi connectivity index (χ1) is 9.31. The van der Waals surface area contributed by atoms with Crippen molar-refractivity contribution in [2.45, 2.75) is 12.6 Å². The Balaban J connectivity index is 1.96. The van der Waals surface area contributed by atoms with Gasteiger partial charge in [0.15, 0.2) is 0 Å². The zero-order valence-electron chi connectivity index (χ0n) is 10.2. The minimum atomic E-state index is -0.503. The Kier molecular flexibility index (Phi) is 2.73. The topological polar surface area (TPSA) is 57.0 Å². The maximum atomic E-state index is 12.3. The predicted octanol–water partition coefficient (Wildman–Crippen LogP) is 2.30. The van der Waals surface area contributed by atoms with Crippen molar-refractivity contribution in [3.63, 3.8) is 0 Å². The predicted molar refractivity (Wildman–Crippen MR) is 68.9 cm³/mol. The van der Waals surface area contributed by atoms with Crippen molar-refractivity contribution >= 4 is 5.91 Å². The molecule has 0 N–H and O–H groups in total. The van der Waals surface area contributed by atoms with E-state index in [-0.39, 0.29) is 5.91 Å². The number of fused-ring (bicyclic) bond motifs is 1. The molecule has 4 nitrogen and oxygen atoms in total. The molecule has 2 heterocycles. The van der Waals surface area contributed by atoms with E-state index < -0.39 is 6.04 Å². The van der Waals surface area contributed by atoms with Gasteiger partial charge in [0, 0.05) is 30.1 Å². The van der Waals surface area contributed by atoms with E-state index in [0.29, 0.717) is 12.1 Å². The standard InChI is InChI=1S/C15H11N3O/c16-9-14-12-3-1-2-4-13(12)15(19)18(14)10-11-5-7-17-8-6-11/h1-8,14H,10H2. The van der Waals surface area contributed by atoms with Crippen LogP contribution in [0, 0.1) is 11.3 Å². The zero-order chi connectivity index (χ0) is 13.2. The van der Waals surface area contributed by atoms with Crippen LogP contribution in [0.5, 0.6) is 0 Å². The molecular weight excluding hydrogens is 238 g/mol. The number of nitriles is 1. The van der Waals surface area contributed by atoms with Crippen molar-refractivity contribution in [2.24, 2.45) is 0 Å². The highest BCUT2D eigenvalue weighted by Crippen LogP contribution is 2.33. The summed E-state index contributed by atoms with van der Waals surface area (Å²) in [4.78, 5) is 17.9. The van der Waals surface area contributed by atoms with Crippen molar-refractivity contribution in [2.75, 3.05) is 0 Å². The number of aromatic nitrogens is 1. The van der Waals surface area contributed by atoms with Crippen molar-refractivity contribution in [3.8, 4) is 6.07 Å². The molecule has 1 amide bonds. The van der Waals surface area contributed by atoms with Crippen LogP contribution < -0.4 is 0 Å². The first kappa shape index (κ1) is 11.4. The van der Waals surface area contributed by atoms with E-state index in [0.717, 1.165) is 11.1 Å². The van der Waals surface area contributed by atoms with Gasteiger partial charge in [0.25, 0.3) is 5.91 Å². The monoisotopic (exact) mass is 249 g/mol. The molecule has 4 heteroatoms. The van der Waals surface area contributed by atoms with Crippen LogP contribution in [-0.4, -0.2) is 15.8 Å². The van der Waals surface area contributed by atoms with Crippen molar-refractivity contribution in [1.82, 2.24) is 9.88 Å². The molecular formula is C15H11N3O. The van der Waals surface area contributed by atoms with E-state index in [2.05, 4.69) is 11.1 Å².